The van der Waals surface area contributed by atoms with Crippen molar-refractivity contribution in [3.63, 3.8) is 0 Å². The molecule has 0 aromatic rings. The van der Waals surface area contributed by atoms with Crippen molar-refractivity contribution in [1.82, 2.24) is 0 Å². The first kappa shape index (κ1) is 12.3. The molecule has 0 saturated carbocycles. The Morgan fingerprint density at radius 1 is 1.31 bits per heavy atom. The molecule has 1 atom stereocenters. The number of hydrogen-bond donors (Lipinski definition) is 1. The highest BCUT2D eigenvalue weighted by atomic mass is 16.7. The van der Waals surface area contributed by atoms with Gasteiger partial charge in [-0.15, -0.1) is 0 Å². The zero-order valence-electron chi connectivity index (χ0n) is 8.15. The molecular formula is C8H16O5. The number of ether oxygens (including phenoxy) is 3. The highest BCUT2D eigenvalue weighted by Crippen LogP contribution is 2.13. The largest absolute Gasteiger partial charge is 0.481 e. The van der Waals surface area contributed by atoms with E-state index in [1.165, 1.54) is 21.3 Å². The first-order valence-corrected chi connectivity index (χ1v) is 3.92. The summed E-state index contributed by atoms with van der Waals surface area (Å²) in [5.74, 6) is -1.17. The Morgan fingerprint density at radius 3 is 2.15 bits per heavy atom. The molecule has 0 fully saturated rings. The van der Waals surface area contributed by atoms with E-state index >= 15 is 0 Å². The minimum atomic E-state index is -0.888. The molecule has 0 aliphatic rings. The zero-order chi connectivity index (χ0) is 10.3. The molecule has 5 heteroatoms. The number of hydrogen-bond acceptors (Lipinski definition) is 4. The zero-order valence-corrected chi connectivity index (χ0v) is 8.15. The molecule has 0 aliphatic heterocycles. The van der Waals surface area contributed by atoms with Crippen molar-refractivity contribution >= 4 is 5.97 Å². The maximum atomic E-state index is 10.5. The van der Waals surface area contributed by atoms with E-state index < -0.39 is 12.3 Å². The summed E-state index contributed by atoms with van der Waals surface area (Å²) in [7, 11) is 4.45. The fraction of sp³-hybridized carbons (Fsp3) is 0.875. The van der Waals surface area contributed by atoms with E-state index in [-0.39, 0.29) is 12.3 Å². The first-order valence-electron chi connectivity index (χ1n) is 3.92. The van der Waals surface area contributed by atoms with E-state index in [1.54, 1.807) is 0 Å². The summed E-state index contributed by atoms with van der Waals surface area (Å²) in [6.45, 7) is 0.304. The Morgan fingerprint density at radius 2 is 1.85 bits per heavy atom. The maximum Gasteiger partial charge on any atom is 0.303 e. The molecule has 1 unspecified atom stereocenters. The van der Waals surface area contributed by atoms with Gasteiger partial charge in [0.15, 0.2) is 6.29 Å². The SMILES string of the molecule is COCC(CC(=O)O)C(OC)OC. The summed E-state index contributed by atoms with van der Waals surface area (Å²) >= 11 is 0. The molecule has 1 N–H and O–H groups in total. The summed E-state index contributed by atoms with van der Waals surface area (Å²) < 4.78 is 14.8. The van der Waals surface area contributed by atoms with Gasteiger partial charge in [0.1, 0.15) is 0 Å². The Labute approximate surface area is 77.6 Å². The molecule has 0 saturated heterocycles. The molecule has 0 aromatic heterocycles. The summed E-state index contributed by atoms with van der Waals surface area (Å²) in [5.41, 5.74) is 0. The highest BCUT2D eigenvalue weighted by molar-refractivity contribution is 5.67. The van der Waals surface area contributed by atoms with Crippen LogP contribution in [-0.4, -0.2) is 45.3 Å². The predicted octanol–water partition coefficient (Wildman–Crippen LogP) is 0.343. The minimum absolute atomic E-state index is 0.0276. The van der Waals surface area contributed by atoms with Crippen LogP contribution in [0.1, 0.15) is 6.42 Å². The Bertz CT molecular complexity index is 143. The average molecular weight is 192 g/mol. The molecule has 0 bridgehead atoms. The van der Waals surface area contributed by atoms with Gasteiger partial charge in [-0.05, 0) is 0 Å². The molecule has 78 valence electrons. The normalized spacial score (nSPS) is 13.2. The van der Waals surface area contributed by atoms with E-state index in [0.717, 1.165) is 0 Å². The van der Waals surface area contributed by atoms with Gasteiger partial charge < -0.3 is 19.3 Å². The van der Waals surface area contributed by atoms with Crippen molar-refractivity contribution in [3.8, 4) is 0 Å². The second-order valence-corrected chi connectivity index (χ2v) is 2.65. The van der Waals surface area contributed by atoms with Crippen LogP contribution in [-0.2, 0) is 19.0 Å². The number of methoxy groups -OCH3 is 3. The van der Waals surface area contributed by atoms with Crippen LogP contribution in [0.4, 0.5) is 0 Å². The second kappa shape index (κ2) is 6.82. The summed E-state index contributed by atoms with van der Waals surface area (Å²) in [4.78, 5) is 10.5. The Balaban J connectivity index is 4.11. The van der Waals surface area contributed by atoms with E-state index in [1.807, 2.05) is 0 Å². The standard InChI is InChI=1S/C8H16O5/c1-11-5-6(4-7(9)10)8(12-2)13-3/h6,8H,4-5H2,1-3H3,(H,9,10). The number of carboxylic acids is 1. The molecule has 5 nitrogen and oxygen atoms in total. The monoisotopic (exact) mass is 192 g/mol. The number of aliphatic carboxylic acids is 1. The molecule has 13 heavy (non-hydrogen) atoms. The molecule has 0 amide bonds. The third-order valence-corrected chi connectivity index (χ3v) is 1.67. The lowest BCUT2D eigenvalue weighted by molar-refractivity contribution is -0.162. The summed E-state index contributed by atoms with van der Waals surface area (Å²) in [6.07, 6.45) is -0.559. The van der Waals surface area contributed by atoms with Crippen LogP contribution in [0, 0.1) is 5.92 Å². The number of rotatable bonds is 7. The van der Waals surface area contributed by atoms with Gasteiger partial charge in [0.25, 0.3) is 0 Å². The fourth-order valence-electron chi connectivity index (χ4n) is 1.15. The number of carboxylic acid groups (broad SMARTS) is 1. The number of carbonyl (C=O) groups is 1. The topological polar surface area (TPSA) is 65.0 Å². The fourth-order valence-corrected chi connectivity index (χ4v) is 1.15. The average Bonchev–Trinajstić information content (AvgIpc) is 2.05. The van der Waals surface area contributed by atoms with Gasteiger partial charge >= 0.3 is 5.97 Å². The molecule has 0 aliphatic carbocycles. The summed E-state index contributed by atoms with van der Waals surface area (Å²) in [5, 5.41) is 8.58. The van der Waals surface area contributed by atoms with Crippen molar-refractivity contribution in [2.45, 2.75) is 12.7 Å². The van der Waals surface area contributed by atoms with Crippen LogP contribution in [0.2, 0.25) is 0 Å². The van der Waals surface area contributed by atoms with Gasteiger partial charge in [-0.1, -0.05) is 0 Å². The minimum Gasteiger partial charge on any atom is -0.481 e. The van der Waals surface area contributed by atoms with Crippen molar-refractivity contribution in [2.24, 2.45) is 5.92 Å². The van der Waals surface area contributed by atoms with E-state index in [0.29, 0.717) is 6.61 Å². The maximum absolute atomic E-state index is 10.5. The van der Waals surface area contributed by atoms with Gasteiger partial charge in [-0.3, -0.25) is 4.79 Å². The predicted molar refractivity (Wildman–Crippen MR) is 45.4 cm³/mol. The lowest BCUT2D eigenvalue weighted by atomic mass is 10.1. The lowest BCUT2D eigenvalue weighted by Crippen LogP contribution is -2.30. The smallest absolute Gasteiger partial charge is 0.303 e. The third-order valence-electron chi connectivity index (χ3n) is 1.67. The molecule has 0 heterocycles. The van der Waals surface area contributed by atoms with Crippen LogP contribution >= 0.6 is 0 Å². The molecular weight excluding hydrogens is 176 g/mol. The molecule has 0 rings (SSSR count). The summed E-state index contributed by atoms with van der Waals surface area (Å²) in [6, 6.07) is 0. The van der Waals surface area contributed by atoms with Crippen LogP contribution in [0.3, 0.4) is 0 Å². The third kappa shape index (κ3) is 4.82. The van der Waals surface area contributed by atoms with Gasteiger partial charge in [-0.2, -0.15) is 0 Å². The van der Waals surface area contributed by atoms with E-state index in [9.17, 15) is 4.79 Å². The molecule has 0 aromatic carbocycles. The van der Waals surface area contributed by atoms with Gasteiger partial charge in [0.2, 0.25) is 0 Å². The van der Waals surface area contributed by atoms with Crippen LogP contribution in [0.25, 0.3) is 0 Å². The quantitative estimate of drug-likeness (QED) is 0.589. The van der Waals surface area contributed by atoms with Gasteiger partial charge in [-0.25, -0.2) is 0 Å². The Hall–Kier alpha value is -0.650. The van der Waals surface area contributed by atoms with Crippen molar-refractivity contribution in [3.05, 3.63) is 0 Å². The first-order chi connectivity index (χ1) is 6.15. The second-order valence-electron chi connectivity index (χ2n) is 2.65. The Kier molecular flexibility index (Phi) is 6.48. The highest BCUT2D eigenvalue weighted by Gasteiger charge is 2.23. The lowest BCUT2D eigenvalue weighted by Gasteiger charge is -2.22. The van der Waals surface area contributed by atoms with Crippen LogP contribution in [0.5, 0.6) is 0 Å². The van der Waals surface area contributed by atoms with E-state index in [2.05, 4.69) is 0 Å². The van der Waals surface area contributed by atoms with Gasteiger partial charge in [0.05, 0.1) is 13.0 Å². The van der Waals surface area contributed by atoms with Crippen LogP contribution < -0.4 is 0 Å². The molecule has 0 radical (unpaired) electrons. The van der Waals surface area contributed by atoms with Crippen molar-refractivity contribution < 1.29 is 24.1 Å². The van der Waals surface area contributed by atoms with Crippen LogP contribution in [0.15, 0.2) is 0 Å². The van der Waals surface area contributed by atoms with E-state index in [4.69, 9.17) is 19.3 Å². The van der Waals surface area contributed by atoms with Gasteiger partial charge in [0, 0.05) is 27.2 Å². The van der Waals surface area contributed by atoms with Crippen molar-refractivity contribution in [1.29, 1.82) is 0 Å². The van der Waals surface area contributed by atoms with Crippen molar-refractivity contribution in [2.75, 3.05) is 27.9 Å². The molecule has 0 spiro atoms.